The zero-order chi connectivity index (χ0) is 23.9. The Balaban J connectivity index is 0.00000304. The summed E-state index contributed by atoms with van der Waals surface area (Å²) in [6.45, 7) is 2.23. The predicted molar refractivity (Wildman–Crippen MR) is 168 cm³/mol. The summed E-state index contributed by atoms with van der Waals surface area (Å²) in [7, 11) is -2.32. The van der Waals surface area contributed by atoms with Gasteiger partial charge in [0, 0.05) is 11.3 Å². The third-order valence-electron chi connectivity index (χ3n) is 6.08. The maximum absolute atomic E-state index is 6.60. The van der Waals surface area contributed by atoms with Crippen LogP contribution in [0.3, 0.4) is 0 Å². The van der Waals surface area contributed by atoms with Gasteiger partial charge >= 0.3 is 0 Å². The minimum Gasteiger partial charge on any atom is -0.425 e. The number of nitrogens with zero attached hydrogens (tertiary/aromatic N) is 1. The van der Waals surface area contributed by atoms with Gasteiger partial charge in [-0.3, -0.25) is 0 Å². The van der Waals surface area contributed by atoms with Crippen LogP contribution in [-0.2, 0) is 0 Å². The number of thioether (sulfide) groups is 1. The summed E-state index contributed by atoms with van der Waals surface area (Å²) in [6, 6.07) is 42.9. The van der Waals surface area contributed by atoms with Gasteiger partial charge in [0.15, 0.2) is 7.26 Å². The van der Waals surface area contributed by atoms with Gasteiger partial charge in [-0.05, 0) is 55.0 Å². The fraction of sp³-hybridized carbons (Fsp3) is 0.129. The van der Waals surface area contributed by atoms with Gasteiger partial charge in [-0.1, -0.05) is 97.9 Å². The topological polar surface area (TPSA) is 26.0 Å². The van der Waals surface area contributed by atoms with Crippen LogP contribution in [0.2, 0.25) is 0 Å². The number of oxazole rings is 1. The van der Waals surface area contributed by atoms with Crippen molar-refractivity contribution in [1.29, 1.82) is 0 Å². The smallest absolute Gasteiger partial charge is 0.251 e. The van der Waals surface area contributed by atoms with Crippen molar-refractivity contribution in [3.8, 4) is 11.5 Å². The fourth-order valence-corrected chi connectivity index (χ4v) is 9.97. The van der Waals surface area contributed by atoms with Crippen LogP contribution in [0.25, 0.3) is 11.5 Å². The van der Waals surface area contributed by atoms with E-state index in [2.05, 4.69) is 110 Å². The first-order valence-corrected chi connectivity index (χ1v) is 14.9. The van der Waals surface area contributed by atoms with Crippen LogP contribution in [0.5, 0.6) is 0 Å². The summed E-state index contributed by atoms with van der Waals surface area (Å²) >= 11 is 1.80. The maximum Gasteiger partial charge on any atom is 0.251 e. The first-order valence-electron chi connectivity index (χ1n) is 12.1. The standard InChI is InChI=1S/C31H29NOPS.HI/c1-2-3-24-35-31-30(32-29(33-31)25-16-8-4-9-17-25)34(26-18-10-5-11-19-26,27-20-12-6-13-21-27)28-22-14-7-15-23-28;/h4-23H,2-3,24H2,1H3;1H/q+1;. The van der Waals surface area contributed by atoms with Crippen LogP contribution in [0.15, 0.2) is 131 Å². The molecule has 4 aromatic carbocycles. The highest BCUT2D eigenvalue weighted by atomic mass is 127. The SMILES string of the molecule is CCCCSc1oc(-c2ccccc2)nc1[P+](c1ccccc1)(c1ccccc1)c1ccccc1.I. The molecule has 5 aromatic rings. The normalized spacial score (nSPS) is 11.1. The Kier molecular flexibility index (Phi) is 9.41. The Morgan fingerprint density at radius 2 is 1.11 bits per heavy atom. The lowest BCUT2D eigenvalue weighted by molar-refractivity contribution is 0.487. The Morgan fingerprint density at radius 1 is 0.667 bits per heavy atom. The molecular weight excluding hydrogens is 592 g/mol. The second-order valence-corrected chi connectivity index (χ2v) is 12.8. The van der Waals surface area contributed by atoms with E-state index in [1.807, 2.05) is 18.2 Å². The molecule has 0 radical (unpaired) electrons. The quantitative estimate of drug-likeness (QED) is 0.0739. The molecule has 0 aliphatic carbocycles. The number of aromatic nitrogens is 1. The summed E-state index contributed by atoms with van der Waals surface area (Å²) in [5.41, 5.74) is 2.06. The van der Waals surface area contributed by atoms with Crippen molar-refractivity contribution in [2.24, 2.45) is 0 Å². The first-order chi connectivity index (χ1) is 17.3. The third kappa shape index (κ3) is 5.32. The van der Waals surface area contributed by atoms with Crippen LogP contribution in [0.1, 0.15) is 19.8 Å². The largest absolute Gasteiger partial charge is 0.425 e. The Bertz CT molecular complexity index is 1250. The van der Waals surface area contributed by atoms with Gasteiger partial charge in [0.25, 0.3) is 5.44 Å². The molecule has 0 bridgehead atoms. The van der Waals surface area contributed by atoms with E-state index >= 15 is 0 Å². The molecule has 2 nitrogen and oxygen atoms in total. The van der Waals surface area contributed by atoms with E-state index in [1.54, 1.807) is 11.8 Å². The maximum atomic E-state index is 6.60. The number of unbranched alkanes of at least 4 members (excludes halogenated alkanes) is 1. The van der Waals surface area contributed by atoms with Gasteiger partial charge in [-0.15, -0.1) is 24.0 Å². The lowest BCUT2D eigenvalue weighted by atomic mass is 10.2. The Hall–Kier alpha value is -2.40. The second kappa shape index (κ2) is 12.7. The second-order valence-electron chi connectivity index (χ2n) is 8.38. The van der Waals surface area contributed by atoms with E-state index in [-0.39, 0.29) is 24.0 Å². The molecule has 0 saturated carbocycles. The molecule has 0 atom stereocenters. The molecule has 0 aliphatic heterocycles. The summed E-state index contributed by atoms with van der Waals surface area (Å²) in [6.07, 6.45) is 2.29. The van der Waals surface area contributed by atoms with Gasteiger partial charge < -0.3 is 4.42 Å². The third-order valence-corrected chi connectivity index (χ3v) is 11.4. The summed E-state index contributed by atoms with van der Waals surface area (Å²) in [5, 5.41) is 4.77. The number of rotatable bonds is 9. The van der Waals surface area contributed by atoms with Crippen molar-refractivity contribution in [2.75, 3.05) is 5.75 Å². The molecule has 0 unspecified atom stereocenters. The van der Waals surface area contributed by atoms with E-state index < -0.39 is 7.26 Å². The van der Waals surface area contributed by atoms with Crippen molar-refractivity contribution in [3.63, 3.8) is 0 Å². The lowest BCUT2D eigenvalue weighted by Crippen LogP contribution is -2.40. The van der Waals surface area contributed by atoms with Crippen LogP contribution in [0, 0.1) is 0 Å². The summed E-state index contributed by atoms with van der Waals surface area (Å²) in [5.74, 6) is 1.69. The predicted octanol–water partition coefficient (Wildman–Crippen LogP) is 7.47. The van der Waals surface area contributed by atoms with Crippen molar-refractivity contribution in [2.45, 2.75) is 24.9 Å². The van der Waals surface area contributed by atoms with Gasteiger partial charge in [-0.2, -0.15) is 4.98 Å². The molecule has 1 aromatic heterocycles. The fourth-order valence-electron chi connectivity index (χ4n) is 4.39. The number of hydrogen-bond acceptors (Lipinski definition) is 3. The molecule has 0 fully saturated rings. The van der Waals surface area contributed by atoms with Gasteiger partial charge in [0.1, 0.15) is 15.9 Å². The van der Waals surface area contributed by atoms with Gasteiger partial charge in [0.05, 0.1) is 0 Å². The Labute approximate surface area is 235 Å². The molecule has 5 rings (SSSR count). The lowest BCUT2D eigenvalue weighted by Gasteiger charge is -2.25. The van der Waals surface area contributed by atoms with E-state index in [0.29, 0.717) is 5.89 Å². The molecular formula is C31H30INOPS+. The van der Waals surface area contributed by atoms with E-state index in [4.69, 9.17) is 9.40 Å². The van der Waals surface area contributed by atoms with Crippen molar-refractivity contribution in [1.82, 2.24) is 4.98 Å². The van der Waals surface area contributed by atoms with E-state index in [0.717, 1.165) is 34.7 Å². The molecule has 5 heteroatoms. The molecule has 0 aliphatic rings. The highest BCUT2D eigenvalue weighted by Gasteiger charge is 2.52. The first kappa shape index (κ1) is 26.7. The van der Waals surface area contributed by atoms with E-state index in [1.165, 1.54) is 15.9 Å². The van der Waals surface area contributed by atoms with Gasteiger partial charge in [0.2, 0.25) is 11.0 Å². The highest BCUT2D eigenvalue weighted by Crippen LogP contribution is 2.56. The van der Waals surface area contributed by atoms with E-state index in [9.17, 15) is 0 Å². The molecule has 0 amide bonds. The van der Waals surface area contributed by atoms with Crippen molar-refractivity contribution < 1.29 is 4.42 Å². The summed E-state index contributed by atoms with van der Waals surface area (Å²) in [4.78, 5) is 5.32. The zero-order valence-corrected chi connectivity index (χ0v) is 24.3. The molecule has 0 N–H and O–H groups in total. The zero-order valence-electron chi connectivity index (χ0n) is 20.3. The molecule has 0 spiro atoms. The minimum absolute atomic E-state index is 0. The van der Waals surface area contributed by atoms with Crippen molar-refractivity contribution >= 4 is 64.3 Å². The average Bonchev–Trinajstić information content (AvgIpc) is 3.36. The number of halogens is 1. The Morgan fingerprint density at radius 3 is 1.56 bits per heavy atom. The van der Waals surface area contributed by atoms with Crippen LogP contribution in [0.4, 0.5) is 0 Å². The summed E-state index contributed by atoms with van der Waals surface area (Å²) < 4.78 is 6.60. The minimum atomic E-state index is -2.32. The van der Waals surface area contributed by atoms with Gasteiger partial charge in [-0.25, -0.2) is 0 Å². The highest BCUT2D eigenvalue weighted by molar-refractivity contribution is 14.0. The van der Waals surface area contributed by atoms with Crippen LogP contribution >= 0.6 is 43.0 Å². The number of hydrogen-bond donors (Lipinski definition) is 0. The number of benzene rings is 4. The average molecular weight is 623 g/mol. The van der Waals surface area contributed by atoms with Crippen LogP contribution < -0.4 is 21.3 Å². The molecule has 1 heterocycles. The monoisotopic (exact) mass is 622 g/mol. The molecule has 36 heavy (non-hydrogen) atoms. The molecule has 0 saturated heterocycles. The van der Waals surface area contributed by atoms with Crippen LogP contribution in [-0.4, -0.2) is 10.7 Å². The van der Waals surface area contributed by atoms with Crippen molar-refractivity contribution in [3.05, 3.63) is 121 Å². The molecule has 182 valence electrons.